The van der Waals surface area contributed by atoms with E-state index in [2.05, 4.69) is 5.32 Å². The molecule has 118 valence electrons. The summed E-state index contributed by atoms with van der Waals surface area (Å²) in [4.78, 5) is 12.2. The van der Waals surface area contributed by atoms with E-state index in [4.69, 9.17) is 10.7 Å². The molecule has 0 radical (unpaired) electrons. The van der Waals surface area contributed by atoms with Crippen molar-refractivity contribution in [3.63, 3.8) is 0 Å². The second kappa shape index (κ2) is 6.40. The van der Waals surface area contributed by atoms with E-state index in [9.17, 15) is 13.2 Å². The number of hydrogen-bond acceptors (Lipinski definition) is 3. The molecule has 0 saturated heterocycles. The van der Waals surface area contributed by atoms with E-state index in [1.165, 1.54) is 25.1 Å². The summed E-state index contributed by atoms with van der Waals surface area (Å²) in [7, 11) is 1.52. The molecular weight excluding hydrogens is 312 g/mol. The van der Waals surface area contributed by atoms with Gasteiger partial charge in [0.15, 0.2) is 0 Å². The Morgan fingerprint density at radius 3 is 2.67 bits per heavy atom. The molecule has 1 aromatic rings. The summed E-state index contributed by atoms with van der Waals surface area (Å²) < 4.78 is 24.4. The molecule has 1 heterocycles. The third-order valence-corrected chi connectivity index (χ3v) is 4.99. The van der Waals surface area contributed by atoms with Crippen molar-refractivity contribution in [2.45, 2.75) is 50.5 Å². The number of carbonyl (C=O) groups is 1. The minimum absolute atomic E-state index is 0.0237. The Bertz CT molecular complexity index is 618. The molecule has 0 spiro atoms. The average Bonchev–Trinajstić information content (AvgIpc) is 3.07. The first kappa shape index (κ1) is 16.4. The van der Waals surface area contributed by atoms with Crippen LogP contribution in [0.5, 0.6) is 0 Å². The zero-order chi connectivity index (χ0) is 15.6. The van der Waals surface area contributed by atoms with E-state index in [0.29, 0.717) is 12.2 Å². The summed E-state index contributed by atoms with van der Waals surface area (Å²) in [5, 5.41) is 2.84. The van der Waals surface area contributed by atoms with Gasteiger partial charge >= 0.3 is 0 Å². The van der Waals surface area contributed by atoms with Crippen molar-refractivity contribution in [2.75, 3.05) is 6.54 Å². The third kappa shape index (κ3) is 4.48. The fourth-order valence-corrected chi connectivity index (χ4v) is 3.03. The fraction of sp³-hybridized carbons (Fsp3) is 0.643. The summed E-state index contributed by atoms with van der Waals surface area (Å²) in [6.07, 6.45) is 6.13. The van der Waals surface area contributed by atoms with Gasteiger partial charge < -0.3 is 9.88 Å². The number of hydrogen-bond donors (Lipinski definition) is 1. The Hall–Kier alpha value is -1.01. The van der Waals surface area contributed by atoms with E-state index in [1.54, 1.807) is 4.57 Å². The van der Waals surface area contributed by atoms with Crippen LogP contribution in [0, 0.1) is 5.92 Å². The number of nitrogens with zero attached hydrogens (tertiary/aromatic N) is 1. The first-order valence-electron chi connectivity index (χ1n) is 7.23. The molecule has 1 N–H and O–H groups in total. The largest absolute Gasteiger partial charge is 0.351 e. The van der Waals surface area contributed by atoms with Crippen LogP contribution >= 0.6 is 10.7 Å². The van der Waals surface area contributed by atoms with Gasteiger partial charge in [0.05, 0.1) is 0 Å². The third-order valence-electron chi connectivity index (χ3n) is 3.67. The van der Waals surface area contributed by atoms with Crippen LogP contribution in [0.15, 0.2) is 17.2 Å². The second-order valence-electron chi connectivity index (χ2n) is 5.84. The highest BCUT2D eigenvalue weighted by atomic mass is 35.7. The lowest BCUT2D eigenvalue weighted by Gasteiger charge is -2.12. The van der Waals surface area contributed by atoms with E-state index in [0.717, 1.165) is 18.8 Å². The maximum Gasteiger partial charge on any atom is 0.267 e. The highest BCUT2D eigenvalue weighted by Gasteiger charge is 2.22. The molecule has 5 nitrogen and oxygen atoms in total. The first-order valence-corrected chi connectivity index (χ1v) is 9.54. The van der Waals surface area contributed by atoms with Crippen molar-refractivity contribution in [1.82, 2.24) is 9.88 Å². The van der Waals surface area contributed by atoms with Gasteiger partial charge in [0.25, 0.3) is 15.0 Å². The molecule has 21 heavy (non-hydrogen) atoms. The molecule has 0 atom stereocenters. The van der Waals surface area contributed by atoms with Crippen LogP contribution in [-0.4, -0.2) is 25.4 Å². The summed E-state index contributed by atoms with van der Waals surface area (Å²) in [6.45, 7) is 4.38. The first-order chi connectivity index (χ1) is 9.79. The topological polar surface area (TPSA) is 68.2 Å². The van der Waals surface area contributed by atoms with Gasteiger partial charge in [-0.05, 0) is 38.7 Å². The van der Waals surface area contributed by atoms with Gasteiger partial charge in [0.1, 0.15) is 10.6 Å². The van der Waals surface area contributed by atoms with E-state index >= 15 is 0 Å². The van der Waals surface area contributed by atoms with E-state index in [1.807, 2.05) is 13.8 Å². The van der Waals surface area contributed by atoms with Gasteiger partial charge in [-0.25, -0.2) is 8.42 Å². The maximum absolute atomic E-state index is 12.2. The Kier molecular flexibility index (Phi) is 4.99. The zero-order valence-corrected chi connectivity index (χ0v) is 13.9. The predicted molar refractivity (Wildman–Crippen MR) is 82.1 cm³/mol. The normalized spacial score (nSPS) is 15.4. The smallest absolute Gasteiger partial charge is 0.267 e. The van der Waals surface area contributed by atoms with Gasteiger partial charge in [-0.15, -0.1) is 0 Å². The molecule has 1 aliphatic rings. The van der Waals surface area contributed by atoms with Crippen LogP contribution < -0.4 is 5.32 Å². The number of amides is 1. The lowest BCUT2D eigenvalue weighted by Crippen LogP contribution is -2.27. The summed E-state index contributed by atoms with van der Waals surface area (Å²) in [5.74, 6) is 0.584. The number of nitrogens with one attached hydrogen (secondary N) is 1. The molecule has 2 rings (SSSR count). The minimum Gasteiger partial charge on any atom is -0.351 e. The Balaban J connectivity index is 2.05. The molecular formula is C14H21ClN2O3S. The lowest BCUT2D eigenvalue weighted by molar-refractivity contribution is 0.0942. The van der Waals surface area contributed by atoms with Gasteiger partial charge in [0, 0.05) is 29.5 Å². The van der Waals surface area contributed by atoms with E-state index in [-0.39, 0.29) is 16.8 Å². The van der Waals surface area contributed by atoms with Gasteiger partial charge in [-0.1, -0.05) is 12.8 Å². The second-order valence-corrected chi connectivity index (χ2v) is 8.41. The van der Waals surface area contributed by atoms with Crippen molar-refractivity contribution in [1.29, 1.82) is 0 Å². The molecule has 0 unspecified atom stereocenters. The average molecular weight is 333 g/mol. The Labute approximate surface area is 130 Å². The fourth-order valence-electron chi connectivity index (χ4n) is 2.29. The summed E-state index contributed by atoms with van der Waals surface area (Å²) >= 11 is 0. The Morgan fingerprint density at radius 2 is 2.14 bits per heavy atom. The van der Waals surface area contributed by atoms with Gasteiger partial charge in [0.2, 0.25) is 0 Å². The quantitative estimate of drug-likeness (QED) is 0.616. The molecule has 0 aliphatic heterocycles. The maximum atomic E-state index is 12.2. The molecule has 0 aromatic carbocycles. The van der Waals surface area contributed by atoms with Crippen molar-refractivity contribution in [3.8, 4) is 0 Å². The van der Waals surface area contributed by atoms with Gasteiger partial charge in [-0.3, -0.25) is 4.79 Å². The molecule has 0 bridgehead atoms. The molecule has 1 fully saturated rings. The van der Waals surface area contributed by atoms with Crippen molar-refractivity contribution < 1.29 is 13.2 Å². The highest BCUT2D eigenvalue weighted by Crippen LogP contribution is 2.33. The predicted octanol–water partition coefficient (Wildman–Crippen LogP) is 2.92. The zero-order valence-electron chi connectivity index (χ0n) is 12.3. The molecule has 1 aromatic heterocycles. The lowest BCUT2D eigenvalue weighted by atomic mass is 10.2. The molecule has 1 amide bonds. The van der Waals surface area contributed by atoms with Gasteiger partial charge in [-0.2, -0.15) is 0 Å². The number of aromatic nitrogens is 1. The molecule has 1 saturated carbocycles. The number of carbonyl (C=O) groups excluding carboxylic acids is 1. The monoisotopic (exact) mass is 332 g/mol. The van der Waals surface area contributed by atoms with Crippen LogP contribution in [-0.2, 0) is 9.05 Å². The summed E-state index contributed by atoms with van der Waals surface area (Å²) in [6, 6.07) is 1.31. The van der Waals surface area contributed by atoms with Crippen molar-refractivity contribution in [2.24, 2.45) is 5.92 Å². The van der Waals surface area contributed by atoms with Crippen molar-refractivity contribution in [3.05, 3.63) is 18.0 Å². The van der Waals surface area contributed by atoms with Crippen LogP contribution in [0.25, 0.3) is 0 Å². The number of halogens is 1. The standard InChI is InChI=1S/C14H21ClN2O3S/c1-10(2)17-9-12(21(15,19)20)8-13(17)14(18)16-7-3-4-11-5-6-11/h8-11H,3-7H2,1-2H3,(H,16,18). The summed E-state index contributed by atoms with van der Waals surface area (Å²) in [5.41, 5.74) is 0.329. The highest BCUT2D eigenvalue weighted by molar-refractivity contribution is 8.13. The molecule has 1 aliphatic carbocycles. The van der Waals surface area contributed by atoms with E-state index < -0.39 is 9.05 Å². The van der Waals surface area contributed by atoms with Crippen LogP contribution in [0.2, 0.25) is 0 Å². The van der Waals surface area contributed by atoms with Crippen molar-refractivity contribution >= 4 is 25.6 Å². The van der Waals surface area contributed by atoms with Crippen LogP contribution in [0.4, 0.5) is 0 Å². The minimum atomic E-state index is -3.83. The number of rotatable bonds is 7. The Morgan fingerprint density at radius 1 is 1.48 bits per heavy atom. The van der Waals surface area contributed by atoms with Crippen LogP contribution in [0.3, 0.4) is 0 Å². The molecule has 7 heteroatoms. The SMILES string of the molecule is CC(C)n1cc(S(=O)(=O)Cl)cc1C(=O)NCCCC1CC1. The van der Waals surface area contributed by atoms with Crippen LogP contribution in [0.1, 0.15) is 56.1 Å².